The van der Waals surface area contributed by atoms with Gasteiger partial charge in [-0.3, -0.25) is 9.48 Å². The molecular formula is C9H14N2OS. The summed E-state index contributed by atoms with van der Waals surface area (Å²) < 4.78 is 1.78. The zero-order chi connectivity index (χ0) is 9.68. The molecular weight excluding hydrogens is 184 g/mol. The zero-order valence-corrected chi connectivity index (χ0v) is 8.80. The first-order valence-corrected chi connectivity index (χ1v) is 5.73. The first-order chi connectivity index (χ1) is 6.29. The smallest absolute Gasteiger partial charge is 0.190 e. The lowest BCUT2D eigenvalue weighted by Crippen LogP contribution is -2.11. The quantitative estimate of drug-likeness (QED) is 0.677. The van der Waals surface area contributed by atoms with E-state index in [9.17, 15) is 4.79 Å². The van der Waals surface area contributed by atoms with Gasteiger partial charge in [-0.1, -0.05) is 6.92 Å². The van der Waals surface area contributed by atoms with E-state index in [0.29, 0.717) is 5.75 Å². The lowest BCUT2D eigenvalue weighted by atomic mass is 10.3. The van der Waals surface area contributed by atoms with Crippen LogP contribution in [0.1, 0.15) is 23.8 Å². The summed E-state index contributed by atoms with van der Waals surface area (Å²) in [6.07, 6.45) is 4.61. The Morgan fingerprint density at radius 1 is 1.69 bits per heavy atom. The summed E-state index contributed by atoms with van der Waals surface area (Å²) in [6.45, 7) is 2.90. The van der Waals surface area contributed by atoms with Crippen LogP contribution in [0.25, 0.3) is 0 Å². The highest BCUT2D eigenvalue weighted by molar-refractivity contribution is 7.99. The first-order valence-electron chi connectivity index (χ1n) is 4.33. The molecule has 0 aliphatic heterocycles. The van der Waals surface area contributed by atoms with Gasteiger partial charge in [-0.15, -0.1) is 0 Å². The minimum atomic E-state index is 0.165. The van der Waals surface area contributed by atoms with E-state index in [4.69, 9.17) is 0 Å². The van der Waals surface area contributed by atoms with Gasteiger partial charge in [0.1, 0.15) is 5.69 Å². The van der Waals surface area contributed by atoms with Gasteiger partial charge in [-0.05, 0) is 18.7 Å². The highest BCUT2D eigenvalue weighted by atomic mass is 32.2. The van der Waals surface area contributed by atoms with Crippen LogP contribution in [0.4, 0.5) is 0 Å². The number of ketones is 1. The second kappa shape index (κ2) is 5.07. The van der Waals surface area contributed by atoms with Gasteiger partial charge in [0.05, 0.1) is 5.75 Å². The topological polar surface area (TPSA) is 34.9 Å². The van der Waals surface area contributed by atoms with Crippen molar-refractivity contribution in [2.75, 3.05) is 12.0 Å². The number of aromatic nitrogens is 2. The van der Waals surface area contributed by atoms with Crippen LogP contribution in [0.15, 0.2) is 12.3 Å². The van der Waals surface area contributed by atoms with Crippen molar-refractivity contribution in [3.05, 3.63) is 18.0 Å². The van der Waals surface area contributed by atoms with Crippen molar-refractivity contribution in [2.45, 2.75) is 19.9 Å². The van der Waals surface area contributed by atoms with Crippen LogP contribution in [0.5, 0.6) is 0 Å². The molecule has 1 aromatic heterocycles. The van der Waals surface area contributed by atoms with Gasteiger partial charge in [0, 0.05) is 12.7 Å². The molecule has 72 valence electrons. The lowest BCUT2D eigenvalue weighted by Gasteiger charge is -2.03. The Balaban J connectivity index is 2.74. The average Bonchev–Trinajstić information content (AvgIpc) is 2.54. The minimum absolute atomic E-state index is 0.165. The Morgan fingerprint density at radius 3 is 3.08 bits per heavy atom. The fourth-order valence-corrected chi connectivity index (χ4v) is 1.57. The Hall–Kier alpha value is -0.770. The van der Waals surface area contributed by atoms with Crippen molar-refractivity contribution in [3.63, 3.8) is 0 Å². The van der Waals surface area contributed by atoms with Crippen LogP contribution >= 0.6 is 11.8 Å². The van der Waals surface area contributed by atoms with Crippen molar-refractivity contribution in [2.24, 2.45) is 0 Å². The number of rotatable bonds is 5. The molecule has 4 heteroatoms. The van der Waals surface area contributed by atoms with E-state index in [2.05, 4.69) is 12.0 Å². The van der Waals surface area contributed by atoms with Crippen LogP contribution in [-0.2, 0) is 6.54 Å². The minimum Gasteiger partial charge on any atom is -0.292 e. The molecule has 0 aromatic carbocycles. The molecule has 0 aliphatic carbocycles. The van der Waals surface area contributed by atoms with Crippen molar-refractivity contribution in [1.82, 2.24) is 9.78 Å². The van der Waals surface area contributed by atoms with Crippen molar-refractivity contribution >= 4 is 17.5 Å². The van der Waals surface area contributed by atoms with Gasteiger partial charge in [0.15, 0.2) is 5.78 Å². The second-order valence-electron chi connectivity index (χ2n) is 2.80. The normalized spacial score (nSPS) is 10.3. The third-order valence-electron chi connectivity index (χ3n) is 1.71. The van der Waals surface area contributed by atoms with Crippen molar-refractivity contribution in [1.29, 1.82) is 0 Å². The summed E-state index contributed by atoms with van der Waals surface area (Å²) >= 11 is 1.54. The summed E-state index contributed by atoms with van der Waals surface area (Å²) in [4.78, 5) is 11.5. The van der Waals surface area contributed by atoms with E-state index in [1.54, 1.807) is 28.7 Å². The summed E-state index contributed by atoms with van der Waals surface area (Å²) in [5.74, 6) is 0.702. The molecule has 0 atom stereocenters. The fourth-order valence-electron chi connectivity index (χ4n) is 1.16. The summed E-state index contributed by atoms with van der Waals surface area (Å²) in [6, 6.07) is 1.79. The average molecular weight is 198 g/mol. The molecule has 0 N–H and O–H groups in total. The molecule has 0 saturated carbocycles. The van der Waals surface area contributed by atoms with Gasteiger partial charge in [-0.25, -0.2) is 0 Å². The molecule has 0 fully saturated rings. The van der Waals surface area contributed by atoms with Crippen LogP contribution in [0.2, 0.25) is 0 Å². The fraction of sp³-hybridized carbons (Fsp3) is 0.556. The summed E-state index contributed by atoms with van der Waals surface area (Å²) in [5.41, 5.74) is 0.733. The van der Waals surface area contributed by atoms with Gasteiger partial charge in [0.2, 0.25) is 0 Å². The molecule has 0 aliphatic rings. The maximum atomic E-state index is 11.5. The molecule has 0 spiro atoms. The zero-order valence-electron chi connectivity index (χ0n) is 7.99. The number of nitrogens with zero attached hydrogens (tertiary/aromatic N) is 2. The van der Waals surface area contributed by atoms with Gasteiger partial charge in [0.25, 0.3) is 0 Å². The Kier molecular flexibility index (Phi) is 4.02. The largest absolute Gasteiger partial charge is 0.292 e. The highest BCUT2D eigenvalue weighted by Gasteiger charge is 2.09. The second-order valence-corrected chi connectivity index (χ2v) is 3.66. The van der Waals surface area contributed by atoms with E-state index in [1.165, 1.54) is 0 Å². The van der Waals surface area contributed by atoms with Gasteiger partial charge in [-0.2, -0.15) is 16.9 Å². The number of carbonyl (C=O) groups is 1. The van der Waals surface area contributed by atoms with Crippen LogP contribution < -0.4 is 0 Å². The number of hydrogen-bond acceptors (Lipinski definition) is 3. The van der Waals surface area contributed by atoms with E-state index < -0.39 is 0 Å². The number of aryl methyl sites for hydroxylation is 1. The predicted octanol–water partition coefficient (Wildman–Crippen LogP) is 1.84. The molecule has 0 radical (unpaired) electrons. The van der Waals surface area contributed by atoms with Crippen molar-refractivity contribution in [3.8, 4) is 0 Å². The van der Waals surface area contributed by atoms with Gasteiger partial charge >= 0.3 is 0 Å². The van der Waals surface area contributed by atoms with Crippen molar-refractivity contribution < 1.29 is 4.79 Å². The summed E-state index contributed by atoms with van der Waals surface area (Å²) in [7, 11) is 0. The standard InChI is InChI=1S/C9H14N2OS/c1-3-6-11-8(4-5-10-11)9(12)7-13-2/h4-5H,3,6-7H2,1-2H3. The van der Waals surface area contributed by atoms with E-state index in [1.807, 2.05) is 6.26 Å². The Morgan fingerprint density at radius 2 is 2.46 bits per heavy atom. The predicted molar refractivity (Wildman–Crippen MR) is 55.2 cm³/mol. The monoisotopic (exact) mass is 198 g/mol. The third-order valence-corrected chi connectivity index (χ3v) is 2.26. The SMILES string of the molecule is CCCn1nccc1C(=O)CSC. The molecule has 13 heavy (non-hydrogen) atoms. The van der Waals surface area contributed by atoms with Crippen LogP contribution in [0, 0.1) is 0 Å². The number of carbonyl (C=O) groups excluding carboxylic acids is 1. The van der Waals surface area contributed by atoms with Crippen LogP contribution in [0.3, 0.4) is 0 Å². The molecule has 1 aromatic rings. The van der Waals surface area contributed by atoms with Crippen LogP contribution in [-0.4, -0.2) is 27.6 Å². The molecule has 1 rings (SSSR count). The Labute approximate surface area is 82.5 Å². The third kappa shape index (κ3) is 2.59. The first kappa shape index (κ1) is 10.3. The van der Waals surface area contributed by atoms with E-state index in [-0.39, 0.29) is 5.78 Å². The number of hydrogen-bond donors (Lipinski definition) is 0. The highest BCUT2D eigenvalue weighted by Crippen LogP contribution is 2.05. The summed E-state index contributed by atoms with van der Waals surface area (Å²) in [5, 5.41) is 4.10. The Bertz CT molecular complexity index is 283. The maximum Gasteiger partial charge on any atom is 0.190 e. The molecule has 0 bridgehead atoms. The van der Waals surface area contributed by atoms with E-state index >= 15 is 0 Å². The maximum absolute atomic E-state index is 11.5. The van der Waals surface area contributed by atoms with E-state index in [0.717, 1.165) is 18.7 Å². The molecule has 0 amide bonds. The van der Waals surface area contributed by atoms with Gasteiger partial charge < -0.3 is 0 Å². The molecule has 0 unspecified atom stereocenters. The molecule has 3 nitrogen and oxygen atoms in total. The molecule has 0 saturated heterocycles. The number of Topliss-reactive ketones (excluding diaryl/α,β-unsaturated/α-hetero) is 1. The lowest BCUT2D eigenvalue weighted by molar-refractivity contribution is 0.101. The number of thioether (sulfide) groups is 1. The molecule has 1 heterocycles.